The van der Waals surface area contributed by atoms with E-state index in [0.29, 0.717) is 25.1 Å². The van der Waals surface area contributed by atoms with Crippen LogP contribution in [0.2, 0.25) is 0 Å². The fourth-order valence-electron chi connectivity index (χ4n) is 4.65. The summed E-state index contributed by atoms with van der Waals surface area (Å²) in [7, 11) is -3.13. The molecular weight excluding hydrogens is 442 g/mol. The number of benzene rings is 1. The fourth-order valence-corrected chi connectivity index (χ4v) is 6.34. The van der Waals surface area contributed by atoms with Crippen LogP contribution >= 0.6 is 0 Å². The van der Waals surface area contributed by atoms with E-state index in [9.17, 15) is 18.0 Å². The molecule has 2 amide bonds. The first-order valence-corrected chi connectivity index (χ1v) is 13.5. The molecule has 0 saturated carbocycles. The lowest BCUT2D eigenvalue weighted by molar-refractivity contribution is -0.133. The van der Waals surface area contributed by atoms with Gasteiger partial charge in [0.15, 0.2) is 9.84 Å². The zero-order valence-corrected chi connectivity index (χ0v) is 20.0. The highest BCUT2D eigenvalue weighted by Gasteiger charge is 2.37. The number of hydrogen-bond acceptors (Lipinski definition) is 7. The van der Waals surface area contributed by atoms with Crippen molar-refractivity contribution in [2.45, 2.75) is 38.6 Å². The number of hydrazone groups is 1. The Labute approximate surface area is 195 Å². The third-order valence-corrected chi connectivity index (χ3v) is 8.30. The average Bonchev–Trinajstić information content (AvgIpc) is 3.16. The fraction of sp³-hybridized carbons (Fsp3) is 0.609. The summed E-state index contributed by atoms with van der Waals surface area (Å²) in [6, 6.07) is 8.14. The van der Waals surface area contributed by atoms with Crippen LogP contribution < -0.4 is 10.2 Å². The van der Waals surface area contributed by atoms with Crippen LogP contribution in [0.4, 0.5) is 5.69 Å². The van der Waals surface area contributed by atoms with Crippen molar-refractivity contribution in [3.8, 4) is 0 Å². The number of carbonyl (C=O) groups excluding carboxylic acids is 2. The van der Waals surface area contributed by atoms with E-state index in [1.807, 2.05) is 0 Å². The first-order valence-electron chi connectivity index (χ1n) is 11.7. The summed E-state index contributed by atoms with van der Waals surface area (Å²) in [4.78, 5) is 29.6. The molecule has 0 radical (unpaired) electrons. The molecule has 10 heteroatoms. The molecule has 1 N–H and O–H groups in total. The predicted octanol–water partition coefficient (Wildman–Crippen LogP) is 0.789. The smallest absolute Gasteiger partial charge is 0.267 e. The van der Waals surface area contributed by atoms with Crippen LogP contribution in [0.25, 0.3) is 0 Å². The maximum atomic E-state index is 12.6. The quantitative estimate of drug-likeness (QED) is 0.585. The Bertz CT molecular complexity index is 1020. The first-order chi connectivity index (χ1) is 15.8. The van der Waals surface area contributed by atoms with Gasteiger partial charge in [-0.05, 0) is 44.0 Å². The van der Waals surface area contributed by atoms with E-state index >= 15 is 0 Å². The van der Waals surface area contributed by atoms with Gasteiger partial charge in [0.2, 0.25) is 5.91 Å². The lowest BCUT2D eigenvalue weighted by atomic mass is 10.1. The minimum absolute atomic E-state index is 0.0672. The molecule has 0 aliphatic carbocycles. The van der Waals surface area contributed by atoms with E-state index in [2.05, 4.69) is 51.4 Å². The summed E-state index contributed by atoms with van der Waals surface area (Å²) in [5.74, 6) is -0.484. The van der Waals surface area contributed by atoms with Gasteiger partial charge in [-0.2, -0.15) is 5.10 Å². The third kappa shape index (κ3) is 6.11. The van der Waals surface area contributed by atoms with Crippen LogP contribution in [0.15, 0.2) is 29.4 Å². The summed E-state index contributed by atoms with van der Waals surface area (Å²) in [6.45, 7) is 7.55. The number of amides is 2. The summed E-state index contributed by atoms with van der Waals surface area (Å²) in [6.07, 6.45) is 1.70. The second-order valence-corrected chi connectivity index (χ2v) is 11.3. The summed E-state index contributed by atoms with van der Waals surface area (Å²) >= 11 is 0. The minimum Gasteiger partial charge on any atom is -0.369 e. The lowest BCUT2D eigenvalue weighted by Gasteiger charge is -2.36. The number of nitrogens with zero attached hydrogens (tertiary/aromatic N) is 4. The number of anilines is 1. The van der Waals surface area contributed by atoms with Crippen molar-refractivity contribution in [3.05, 3.63) is 29.8 Å². The first kappa shape index (κ1) is 23.7. The lowest BCUT2D eigenvalue weighted by Crippen LogP contribution is -2.47. The maximum Gasteiger partial charge on any atom is 0.267 e. The summed E-state index contributed by atoms with van der Waals surface area (Å²) in [5, 5.41) is 8.38. The van der Waals surface area contributed by atoms with Gasteiger partial charge in [-0.25, -0.2) is 13.4 Å². The highest BCUT2D eigenvalue weighted by Crippen LogP contribution is 2.22. The molecule has 2 fully saturated rings. The predicted molar refractivity (Wildman–Crippen MR) is 128 cm³/mol. The normalized spacial score (nSPS) is 23.5. The Morgan fingerprint density at radius 3 is 2.67 bits per heavy atom. The molecule has 0 spiro atoms. The van der Waals surface area contributed by atoms with Crippen molar-refractivity contribution in [3.63, 3.8) is 0 Å². The van der Waals surface area contributed by atoms with E-state index in [1.54, 1.807) is 0 Å². The molecule has 1 atom stereocenters. The van der Waals surface area contributed by atoms with Crippen molar-refractivity contribution in [1.29, 1.82) is 0 Å². The number of carbonyl (C=O) groups is 2. The van der Waals surface area contributed by atoms with E-state index in [1.165, 1.54) is 16.3 Å². The van der Waals surface area contributed by atoms with Crippen molar-refractivity contribution < 1.29 is 18.0 Å². The van der Waals surface area contributed by atoms with E-state index in [0.717, 1.165) is 39.1 Å². The molecule has 33 heavy (non-hydrogen) atoms. The van der Waals surface area contributed by atoms with Crippen LogP contribution in [0.5, 0.6) is 0 Å². The summed E-state index contributed by atoms with van der Waals surface area (Å²) in [5.41, 5.74) is 2.86. The zero-order valence-electron chi connectivity index (χ0n) is 19.2. The molecular formula is C23H33N5O4S. The second kappa shape index (κ2) is 10.2. The van der Waals surface area contributed by atoms with E-state index in [-0.39, 0.29) is 29.7 Å². The molecule has 0 bridgehead atoms. The van der Waals surface area contributed by atoms with Gasteiger partial charge in [-0.15, -0.1) is 0 Å². The highest BCUT2D eigenvalue weighted by atomic mass is 32.2. The molecule has 1 aromatic rings. The van der Waals surface area contributed by atoms with Gasteiger partial charge in [0.25, 0.3) is 5.91 Å². The number of nitrogens with one attached hydrogen (secondary N) is 1. The van der Waals surface area contributed by atoms with Crippen LogP contribution in [-0.4, -0.2) is 92.7 Å². The van der Waals surface area contributed by atoms with Crippen LogP contribution in [-0.2, 0) is 19.4 Å². The van der Waals surface area contributed by atoms with Gasteiger partial charge in [0.1, 0.15) is 5.71 Å². The number of hydrogen-bond donors (Lipinski definition) is 1. The SMILES string of the molecule is Cc1cccc(N2CCN(CCCNC(=O)C3=NN(C4CCS(=O)(=O)C4)C(=O)CC3)CC2)c1. The topological polar surface area (TPSA) is 102 Å². The Kier molecular flexibility index (Phi) is 7.33. The van der Waals surface area contributed by atoms with Crippen molar-refractivity contribution >= 4 is 33.1 Å². The van der Waals surface area contributed by atoms with Gasteiger partial charge < -0.3 is 10.2 Å². The van der Waals surface area contributed by atoms with Crippen LogP contribution in [0.3, 0.4) is 0 Å². The molecule has 2 saturated heterocycles. The molecule has 1 unspecified atom stereocenters. The molecule has 3 aliphatic rings. The van der Waals surface area contributed by atoms with E-state index < -0.39 is 15.9 Å². The molecule has 3 heterocycles. The molecule has 3 aliphatic heterocycles. The Hall–Kier alpha value is -2.46. The van der Waals surface area contributed by atoms with Crippen molar-refractivity contribution in [2.75, 3.05) is 55.7 Å². The zero-order chi connectivity index (χ0) is 23.4. The van der Waals surface area contributed by atoms with Crippen molar-refractivity contribution in [2.24, 2.45) is 5.10 Å². The second-order valence-electron chi connectivity index (χ2n) is 9.12. The molecule has 4 rings (SSSR count). The number of piperazine rings is 1. The molecule has 1 aromatic carbocycles. The van der Waals surface area contributed by atoms with Gasteiger partial charge in [-0.1, -0.05) is 12.1 Å². The standard InChI is InChI=1S/C23H33N5O4S/c1-18-4-2-5-19(16-18)27-13-11-26(12-14-27)10-3-9-24-23(30)21-6-7-22(29)28(25-21)20-8-15-33(31,32)17-20/h2,4-5,16,20H,3,6-15,17H2,1H3,(H,24,30). The molecule has 0 aromatic heterocycles. The minimum atomic E-state index is -3.13. The van der Waals surface area contributed by atoms with Crippen LogP contribution in [0, 0.1) is 6.92 Å². The van der Waals surface area contributed by atoms with Gasteiger partial charge in [-0.3, -0.25) is 14.5 Å². The van der Waals surface area contributed by atoms with Gasteiger partial charge in [0.05, 0.1) is 17.5 Å². The number of aryl methyl sites for hydroxylation is 1. The average molecular weight is 476 g/mol. The highest BCUT2D eigenvalue weighted by molar-refractivity contribution is 7.91. The van der Waals surface area contributed by atoms with Crippen LogP contribution in [0.1, 0.15) is 31.2 Å². The van der Waals surface area contributed by atoms with E-state index in [4.69, 9.17) is 0 Å². The molecule has 180 valence electrons. The molecule has 9 nitrogen and oxygen atoms in total. The monoisotopic (exact) mass is 475 g/mol. The number of sulfone groups is 1. The maximum absolute atomic E-state index is 12.6. The Balaban J connectivity index is 1.19. The largest absolute Gasteiger partial charge is 0.369 e. The van der Waals surface area contributed by atoms with Crippen molar-refractivity contribution in [1.82, 2.24) is 15.2 Å². The Morgan fingerprint density at radius 2 is 1.97 bits per heavy atom. The summed E-state index contributed by atoms with van der Waals surface area (Å²) < 4.78 is 23.5. The van der Waals surface area contributed by atoms with Gasteiger partial charge >= 0.3 is 0 Å². The Morgan fingerprint density at radius 1 is 1.18 bits per heavy atom. The number of rotatable bonds is 7. The van der Waals surface area contributed by atoms with Gasteiger partial charge in [0, 0.05) is 51.3 Å². The third-order valence-electron chi connectivity index (χ3n) is 6.55.